The molecule has 0 rings (SSSR count). The van der Waals surface area contributed by atoms with E-state index in [2.05, 4.69) is 86.8 Å². The molecular formula is C33H53NO4. The van der Waals surface area contributed by atoms with Gasteiger partial charge < -0.3 is 14.4 Å². The zero-order valence-electron chi connectivity index (χ0n) is 24.5. The Bertz CT molecular complexity index is 759. The minimum absolute atomic E-state index is 0.0928. The molecule has 0 bridgehead atoms. The predicted molar refractivity (Wildman–Crippen MR) is 161 cm³/mol. The van der Waals surface area contributed by atoms with Gasteiger partial charge >= 0.3 is 11.9 Å². The zero-order chi connectivity index (χ0) is 28.1. The van der Waals surface area contributed by atoms with E-state index in [9.17, 15) is 9.59 Å². The third-order valence-electron chi connectivity index (χ3n) is 5.36. The summed E-state index contributed by atoms with van der Waals surface area (Å²) in [5, 5.41) is 0. The van der Waals surface area contributed by atoms with Crippen LogP contribution in [0, 0.1) is 0 Å². The summed E-state index contributed by atoms with van der Waals surface area (Å²) in [5.74, 6) is -0.495. The highest BCUT2D eigenvalue weighted by atomic mass is 16.6. The molecule has 0 aromatic heterocycles. The van der Waals surface area contributed by atoms with Gasteiger partial charge in [-0.15, -0.1) is 0 Å². The molecule has 0 aliphatic heterocycles. The second-order valence-corrected chi connectivity index (χ2v) is 9.43. The molecule has 5 heteroatoms. The van der Waals surface area contributed by atoms with E-state index in [4.69, 9.17) is 9.47 Å². The number of ether oxygens (including phenoxy) is 2. The highest BCUT2D eigenvalue weighted by Gasteiger charge is 2.17. The van der Waals surface area contributed by atoms with E-state index in [1.165, 1.54) is 0 Å². The van der Waals surface area contributed by atoms with Crippen LogP contribution < -0.4 is 0 Å². The summed E-state index contributed by atoms with van der Waals surface area (Å²) in [7, 11) is 3.82. The van der Waals surface area contributed by atoms with Crippen molar-refractivity contribution in [2.75, 3.05) is 27.2 Å². The summed E-state index contributed by atoms with van der Waals surface area (Å²) in [6.07, 6.45) is 35.1. The Morgan fingerprint density at radius 2 is 1.05 bits per heavy atom. The second-order valence-electron chi connectivity index (χ2n) is 9.43. The summed E-state index contributed by atoms with van der Waals surface area (Å²) < 4.78 is 11.0. The summed E-state index contributed by atoms with van der Waals surface area (Å²) in [6, 6.07) is 0. The molecule has 0 N–H and O–H groups in total. The maximum absolute atomic E-state index is 12.3. The van der Waals surface area contributed by atoms with Crippen molar-refractivity contribution in [2.24, 2.45) is 0 Å². The van der Waals surface area contributed by atoms with E-state index in [0.717, 1.165) is 64.2 Å². The van der Waals surface area contributed by atoms with E-state index in [1.54, 1.807) is 0 Å². The van der Waals surface area contributed by atoms with Gasteiger partial charge in [0.15, 0.2) is 0 Å². The molecule has 0 radical (unpaired) electrons. The minimum Gasteiger partial charge on any atom is -0.462 e. The highest BCUT2D eigenvalue weighted by molar-refractivity contribution is 5.70. The van der Waals surface area contributed by atoms with Crippen molar-refractivity contribution in [1.82, 2.24) is 4.90 Å². The fourth-order valence-corrected chi connectivity index (χ4v) is 3.42. The topological polar surface area (TPSA) is 55.8 Å². The number of hydrogen-bond acceptors (Lipinski definition) is 5. The van der Waals surface area contributed by atoms with Crippen LogP contribution in [-0.4, -0.2) is 50.2 Å². The SMILES string of the molecule is CC/C=C\C/C=C\C/C=C\CCCC(=O)OCC(CN(C)C)OC(=O)CCC/C=C\C/C=C\C/C=C\CC. The molecular weight excluding hydrogens is 474 g/mol. The summed E-state index contributed by atoms with van der Waals surface area (Å²) >= 11 is 0. The molecule has 0 spiro atoms. The van der Waals surface area contributed by atoms with Crippen LogP contribution in [0.5, 0.6) is 0 Å². The second kappa shape index (κ2) is 27.4. The van der Waals surface area contributed by atoms with Crippen LogP contribution in [0.4, 0.5) is 0 Å². The Balaban J connectivity index is 4.08. The summed E-state index contributed by atoms with van der Waals surface area (Å²) in [4.78, 5) is 26.3. The third kappa shape index (κ3) is 26.4. The number of nitrogens with zero attached hydrogens (tertiary/aromatic N) is 1. The lowest BCUT2D eigenvalue weighted by Gasteiger charge is -2.21. The smallest absolute Gasteiger partial charge is 0.306 e. The number of hydrogen-bond donors (Lipinski definition) is 0. The molecule has 0 amide bonds. The molecule has 214 valence electrons. The molecule has 0 aliphatic carbocycles. The molecule has 0 fully saturated rings. The molecule has 1 atom stereocenters. The number of carbonyl (C=O) groups excluding carboxylic acids is 2. The Hall–Kier alpha value is -2.66. The Morgan fingerprint density at radius 3 is 1.50 bits per heavy atom. The maximum atomic E-state index is 12.3. The van der Waals surface area contributed by atoms with Gasteiger partial charge in [-0.25, -0.2) is 0 Å². The number of likely N-dealkylation sites (N-methyl/N-ethyl adjacent to an activating group) is 1. The average Bonchev–Trinajstić information content (AvgIpc) is 2.88. The zero-order valence-corrected chi connectivity index (χ0v) is 24.5. The molecule has 0 saturated carbocycles. The standard InChI is InChI=1S/C33H53NO4/c1-5-7-9-11-13-15-17-19-21-23-25-27-32(35)37-30-31(29-34(3)4)38-33(36)28-26-24-22-20-18-16-14-12-10-8-6-2/h7-10,13-16,19-22,31H,5-6,11-12,17-18,23-30H2,1-4H3/b9-7-,10-8-,15-13-,16-14-,21-19-,22-20-. The predicted octanol–water partition coefficient (Wildman–Crippen LogP) is 8.06. The Labute approximate surface area is 233 Å². The van der Waals surface area contributed by atoms with Crippen LogP contribution >= 0.6 is 0 Å². The van der Waals surface area contributed by atoms with Crippen molar-refractivity contribution in [2.45, 2.75) is 97.0 Å². The molecule has 0 saturated heterocycles. The van der Waals surface area contributed by atoms with Crippen LogP contribution in [0.25, 0.3) is 0 Å². The van der Waals surface area contributed by atoms with E-state index >= 15 is 0 Å². The maximum Gasteiger partial charge on any atom is 0.306 e. The molecule has 0 aromatic rings. The van der Waals surface area contributed by atoms with Crippen molar-refractivity contribution in [3.05, 3.63) is 72.9 Å². The van der Waals surface area contributed by atoms with Gasteiger partial charge in [-0.3, -0.25) is 9.59 Å². The van der Waals surface area contributed by atoms with Gasteiger partial charge in [0.2, 0.25) is 0 Å². The van der Waals surface area contributed by atoms with Crippen LogP contribution in [0.3, 0.4) is 0 Å². The van der Waals surface area contributed by atoms with Gasteiger partial charge in [0.1, 0.15) is 12.7 Å². The van der Waals surface area contributed by atoms with E-state index < -0.39 is 6.10 Å². The first-order valence-corrected chi connectivity index (χ1v) is 14.4. The molecule has 1 unspecified atom stereocenters. The highest BCUT2D eigenvalue weighted by Crippen LogP contribution is 2.06. The molecule has 5 nitrogen and oxygen atoms in total. The van der Waals surface area contributed by atoms with Crippen molar-refractivity contribution < 1.29 is 19.1 Å². The Morgan fingerprint density at radius 1 is 0.632 bits per heavy atom. The van der Waals surface area contributed by atoms with Crippen LogP contribution in [0.15, 0.2) is 72.9 Å². The van der Waals surface area contributed by atoms with Gasteiger partial charge in [-0.1, -0.05) is 86.8 Å². The van der Waals surface area contributed by atoms with Crippen molar-refractivity contribution >= 4 is 11.9 Å². The quantitative estimate of drug-likeness (QED) is 0.0764. The van der Waals surface area contributed by atoms with Crippen molar-refractivity contribution in [1.29, 1.82) is 0 Å². The van der Waals surface area contributed by atoms with Crippen LogP contribution in [0.2, 0.25) is 0 Å². The minimum atomic E-state index is -0.456. The van der Waals surface area contributed by atoms with Crippen molar-refractivity contribution in [3.8, 4) is 0 Å². The molecule has 0 aromatic carbocycles. The monoisotopic (exact) mass is 527 g/mol. The normalized spacial score (nSPS) is 13.4. The van der Waals surface area contributed by atoms with Gasteiger partial charge in [-0.2, -0.15) is 0 Å². The average molecular weight is 528 g/mol. The first-order chi connectivity index (χ1) is 18.5. The number of esters is 2. The molecule has 0 aliphatic rings. The number of carbonyl (C=O) groups is 2. The van der Waals surface area contributed by atoms with E-state index in [1.807, 2.05) is 19.0 Å². The summed E-state index contributed by atoms with van der Waals surface area (Å²) in [5.41, 5.74) is 0. The Kier molecular flexibility index (Phi) is 25.5. The fraction of sp³-hybridized carbons (Fsp3) is 0.576. The third-order valence-corrected chi connectivity index (χ3v) is 5.36. The molecule has 38 heavy (non-hydrogen) atoms. The largest absolute Gasteiger partial charge is 0.462 e. The van der Waals surface area contributed by atoms with E-state index in [-0.39, 0.29) is 18.5 Å². The molecule has 0 heterocycles. The lowest BCUT2D eigenvalue weighted by atomic mass is 10.2. The first-order valence-electron chi connectivity index (χ1n) is 14.4. The lowest BCUT2D eigenvalue weighted by Crippen LogP contribution is -2.34. The number of rotatable bonds is 23. The van der Waals surface area contributed by atoms with Gasteiger partial charge in [0, 0.05) is 19.4 Å². The van der Waals surface area contributed by atoms with E-state index in [0.29, 0.717) is 19.4 Å². The van der Waals surface area contributed by atoms with Gasteiger partial charge in [0.25, 0.3) is 0 Å². The van der Waals surface area contributed by atoms with Gasteiger partial charge in [-0.05, 0) is 78.3 Å². The summed E-state index contributed by atoms with van der Waals surface area (Å²) in [6.45, 7) is 4.87. The van der Waals surface area contributed by atoms with Gasteiger partial charge in [0.05, 0.1) is 0 Å². The van der Waals surface area contributed by atoms with Crippen LogP contribution in [-0.2, 0) is 19.1 Å². The lowest BCUT2D eigenvalue weighted by molar-refractivity contribution is -0.160. The fourth-order valence-electron chi connectivity index (χ4n) is 3.42. The number of unbranched alkanes of at least 4 members (excludes halogenated alkanes) is 2. The first kappa shape index (κ1) is 35.3. The number of allylic oxidation sites excluding steroid dienone is 12. The van der Waals surface area contributed by atoms with Crippen LogP contribution in [0.1, 0.15) is 90.9 Å². The van der Waals surface area contributed by atoms with Crippen molar-refractivity contribution in [3.63, 3.8) is 0 Å².